The number of hydrogen-bond acceptors (Lipinski definition) is 0. The molecule has 0 unspecified atom stereocenters. The normalized spacial score (nSPS) is 11.6. The van der Waals surface area contributed by atoms with Gasteiger partial charge in [0.1, 0.15) is 0 Å². The monoisotopic (exact) mass is 712 g/mol. The van der Waals surface area contributed by atoms with Crippen molar-refractivity contribution in [1.29, 1.82) is 0 Å². The molecule has 0 aliphatic rings. The topological polar surface area (TPSA) is 9.86 Å². The van der Waals surface area contributed by atoms with Crippen LogP contribution in [0.4, 0.5) is 0 Å². The quantitative estimate of drug-likeness (QED) is 0.162. The lowest BCUT2D eigenvalue weighted by atomic mass is 9.99. The zero-order chi connectivity index (χ0) is 37.0. The molecule has 262 valence electrons. The predicted molar refractivity (Wildman–Crippen MR) is 237 cm³/mol. The van der Waals surface area contributed by atoms with Crippen molar-refractivity contribution >= 4 is 43.6 Å². The van der Waals surface area contributed by atoms with E-state index in [0.29, 0.717) is 0 Å². The van der Waals surface area contributed by atoms with Gasteiger partial charge in [-0.05, 0) is 111 Å². The molecule has 0 saturated carbocycles. The van der Waals surface area contributed by atoms with E-state index in [4.69, 9.17) is 0 Å². The summed E-state index contributed by atoms with van der Waals surface area (Å²) in [6.45, 7) is 0. The van der Waals surface area contributed by atoms with Crippen LogP contribution in [0.15, 0.2) is 218 Å². The van der Waals surface area contributed by atoms with Crippen LogP contribution in [0, 0.1) is 0 Å². The summed E-state index contributed by atoms with van der Waals surface area (Å²) < 4.78 is 4.81. The Hall–Kier alpha value is -7.42. The van der Waals surface area contributed by atoms with E-state index in [1.165, 1.54) is 88.1 Å². The van der Waals surface area contributed by atoms with Crippen molar-refractivity contribution in [2.45, 2.75) is 0 Å². The minimum absolute atomic E-state index is 1.15. The molecule has 2 heterocycles. The Morgan fingerprint density at radius 3 is 1.21 bits per heavy atom. The van der Waals surface area contributed by atoms with Gasteiger partial charge in [0, 0.05) is 32.9 Å². The number of nitrogens with zero attached hydrogens (tertiary/aromatic N) is 2. The van der Waals surface area contributed by atoms with E-state index in [0.717, 1.165) is 11.4 Å². The molecule has 0 amide bonds. The average molecular weight is 713 g/mol. The fraction of sp³-hybridized carbons (Fsp3) is 0. The fourth-order valence-corrected chi connectivity index (χ4v) is 8.61. The van der Waals surface area contributed by atoms with Crippen molar-refractivity contribution in [2.24, 2.45) is 0 Å². The molecule has 0 N–H and O–H groups in total. The maximum absolute atomic E-state index is 2.41. The molecule has 56 heavy (non-hydrogen) atoms. The van der Waals surface area contributed by atoms with E-state index in [2.05, 4.69) is 228 Å². The lowest BCUT2D eigenvalue weighted by Crippen LogP contribution is -1.94. The van der Waals surface area contributed by atoms with Gasteiger partial charge in [-0.1, -0.05) is 152 Å². The summed E-state index contributed by atoms with van der Waals surface area (Å²) in [6.07, 6.45) is 0. The molecule has 0 fully saturated rings. The van der Waals surface area contributed by atoms with Crippen molar-refractivity contribution in [3.8, 4) is 55.9 Å². The third-order valence-electron chi connectivity index (χ3n) is 11.3. The van der Waals surface area contributed by atoms with E-state index in [1.807, 2.05) is 0 Å². The first-order valence-corrected chi connectivity index (χ1v) is 19.3. The van der Waals surface area contributed by atoms with Crippen LogP contribution in [0.5, 0.6) is 0 Å². The zero-order valence-electron chi connectivity index (χ0n) is 30.7. The van der Waals surface area contributed by atoms with Crippen LogP contribution in [0.2, 0.25) is 0 Å². The van der Waals surface area contributed by atoms with Gasteiger partial charge in [-0.2, -0.15) is 0 Å². The first-order valence-electron chi connectivity index (χ1n) is 19.3. The summed E-state index contributed by atoms with van der Waals surface area (Å²) in [4.78, 5) is 0. The number of hydrogen-bond donors (Lipinski definition) is 0. The van der Waals surface area contributed by atoms with Crippen molar-refractivity contribution in [3.63, 3.8) is 0 Å². The highest BCUT2D eigenvalue weighted by atomic mass is 15.0. The predicted octanol–water partition coefficient (Wildman–Crippen LogP) is 14.5. The molecule has 9 aromatic carbocycles. The van der Waals surface area contributed by atoms with E-state index >= 15 is 0 Å². The molecular weight excluding hydrogens is 677 g/mol. The Kier molecular flexibility index (Phi) is 7.53. The SMILES string of the molecule is c1ccc(-c2cccc(-c3ccc(-n4c5ccccc5c5cc(-c6ccc7c(c6)c6ccc(-c8ccccc8)cc6n7-c6ccccc6)ccc54)cc3)c2)cc1. The van der Waals surface area contributed by atoms with Gasteiger partial charge in [0.05, 0.1) is 22.1 Å². The van der Waals surface area contributed by atoms with Gasteiger partial charge in [0.2, 0.25) is 0 Å². The number of aromatic nitrogens is 2. The third-order valence-corrected chi connectivity index (χ3v) is 11.3. The fourth-order valence-electron chi connectivity index (χ4n) is 8.61. The van der Waals surface area contributed by atoms with Crippen LogP contribution < -0.4 is 0 Å². The lowest BCUT2D eigenvalue weighted by molar-refractivity contribution is 1.18. The summed E-state index contributed by atoms with van der Waals surface area (Å²) in [6, 6.07) is 79.4. The Bertz CT molecular complexity index is 3210. The maximum Gasteiger partial charge on any atom is 0.0547 e. The van der Waals surface area contributed by atoms with E-state index in [1.54, 1.807) is 0 Å². The lowest BCUT2D eigenvalue weighted by Gasteiger charge is -2.11. The number of fused-ring (bicyclic) bond motifs is 6. The molecule has 11 aromatic rings. The number of rotatable bonds is 6. The molecule has 0 saturated heterocycles. The van der Waals surface area contributed by atoms with Crippen LogP contribution in [-0.4, -0.2) is 9.13 Å². The average Bonchev–Trinajstić information content (AvgIpc) is 3.79. The number of para-hydroxylation sites is 2. The van der Waals surface area contributed by atoms with Gasteiger partial charge in [-0.25, -0.2) is 0 Å². The van der Waals surface area contributed by atoms with Crippen LogP contribution >= 0.6 is 0 Å². The highest BCUT2D eigenvalue weighted by molar-refractivity contribution is 6.13. The second-order valence-electron chi connectivity index (χ2n) is 14.6. The summed E-state index contributed by atoms with van der Waals surface area (Å²) in [5, 5.41) is 4.99. The molecule has 2 aromatic heterocycles. The highest BCUT2D eigenvalue weighted by Gasteiger charge is 2.17. The van der Waals surface area contributed by atoms with Crippen molar-refractivity contribution in [1.82, 2.24) is 9.13 Å². The summed E-state index contributed by atoms with van der Waals surface area (Å²) in [5.74, 6) is 0. The van der Waals surface area contributed by atoms with Gasteiger partial charge < -0.3 is 9.13 Å². The van der Waals surface area contributed by atoms with Gasteiger partial charge >= 0.3 is 0 Å². The van der Waals surface area contributed by atoms with Gasteiger partial charge in [-0.3, -0.25) is 0 Å². The smallest absolute Gasteiger partial charge is 0.0547 e. The second-order valence-corrected chi connectivity index (χ2v) is 14.6. The standard InChI is InChI=1S/C54H36N2/c1-4-13-37(14-5-1)40-17-12-18-41(33-40)39-23-28-46(29-24-39)55-51-22-11-10-21-47(51)49-34-42(26-31-52(49)55)43-27-32-53-50(35-43)48-30-25-44(38-15-6-2-7-16-38)36-54(48)56(53)45-19-8-3-9-20-45/h1-36H. The Balaban J connectivity index is 1.01. The van der Waals surface area contributed by atoms with Crippen LogP contribution in [-0.2, 0) is 0 Å². The molecule has 2 heteroatoms. The maximum atomic E-state index is 2.41. The van der Waals surface area contributed by atoms with Crippen LogP contribution in [0.25, 0.3) is 99.5 Å². The summed E-state index contributed by atoms with van der Waals surface area (Å²) in [5.41, 5.74) is 16.8. The molecule has 0 radical (unpaired) electrons. The minimum atomic E-state index is 1.15. The molecule has 0 aliphatic carbocycles. The van der Waals surface area contributed by atoms with Crippen molar-refractivity contribution in [2.75, 3.05) is 0 Å². The summed E-state index contributed by atoms with van der Waals surface area (Å²) in [7, 11) is 0. The first-order chi connectivity index (χ1) is 27.8. The summed E-state index contributed by atoms with van der Waals surface area (Å²) >= 11 is 0. The molecule has 2 nitrogen and oxygen atoms in total. The van der Waals surface area contributed by atoms with E-state index in [9.17, 15) is 0 Å². The van der Waals surface area contributed by atoms with Gasteiger partial charge in [0.25, 0.3) is 0 Å². The molecule has 0 atom stereocenters. The van der Waals surface area contributed by atoms with Crippen LogP contribution in [0.3, 0.4) is 0 Å². The number of benzene rings is 9. The van der Waals surface area contributed by atoms with Crippen molar-refractivity contribution < 1.29 is 0 Å². The zero-order valence-corrected chi connectivity index (χ0v) is 30.7. The first kappa shape index (κ1) is 32.0. The Labute approximate surface area is 325 Å². The van der Waals surface area contributed by atoms with E-state index in [-0.39, 0.29) is 0 Å². The molecule has 0 aliphatic heterocycles. The molecular formula is C54H36N2. The Morgan fingerprint density at radius 2 is 0.589 bits per heavy atom. The van der Waals surface area contributed by atoms with Crippen LogP contribution in [0.1, 0.15) is 0 Å². The molecule has 11 rings (SSSR count). The second kappa shape index (κ2) is 13.2. The molecule has 0 spiro atoms. The third kappa shape index (κ3) is 5.34. The van der Waals surface area contributed by atoms with Gasteiger partial charge in [0.15, 0.2) is 0 Å². The highest BCUT2D eigenvalue weighted by Crippen LogP contribution is 2.39. The largest absolute Gasteiger partial charge is 0.309 e. The van der Waals surface area contributed by atoms with Crippen molar-refractivity contribution in [3.05, 3.63) is 218 Å². The van der Waals surface area contributed by atoms with Gasteiger partial charge in [-0.15, -0.1) is 0 Å². The minimum Gasteiger partial charge on any atom is -0.309 e. The molecule has 0 bridgehead atoms. The Morgan fingerprint density at radius 1 is 0.196 bits per heavy atom. The van der Waals surface area contributed by atoms with E-state index < -0.39 is 0 Å².